The monoisotopic (exact) mass is 300 g/mol. The Hall–Kier alpha value is -1.75. The van der Waals surface area contributed by atoms with Crippen molar-refractivity contribution in [3.8, 4) is 0 Å². The number of aryl methyl sites for hydroxylation is 1. The lowest BCUT2D eigenvalue weighted by atomic mass is 10.1. The van der Waals surface area contributed by atoms with Gasteiger partial charge in [-0.15, -0.1) is 12.4 Å². The predicted molar refractivity (Wildman–Crippen MR) is 80.7 cm³/mol. The molecule has 1 rings (SSSR count). The Morgan fingerprint density at radius 3 is 2.60 bits per heavy atom. The number of para-hydroxylation sites is 1. The number of nitrogen functional groups attached to an aromatic ring is 1. The lowest BCUT2D eigenvalue weighted by Gasteiger charge is -2.06. The fourth-order valence-corrected chi connectivity index (χ4v) is 1.66. The van der Waals surface area contributed by atoms with Crippen LogP contribution in [0.2, 0.25) is 0 Å². The Morgan fingerprint density at radius 1 is 1.25 bits per heavy atom. The fourth-order valence-electron chi connectivity index (χ4n) is 1.66. The van der Waals surface area contributed by atoms with E-state index in [1.807, 2.05) is 24.3 Å². The number of benzene rings is 1. The van der Waals surface area contributed by atoms with Crippen LogP contribution in [0, 0.1) is 0 Å². The third kappa shape index (κ3) is 6.99. The number of hydrogen-bond donors (Lipinski definition) is 2. The highest BCUT2D eigenvalue weighted by Crippen LogP contribution is 2.12. The van der Waals surface area contributed by atoms with E-state index in [0.29, 0.717) is 37.9 Å². The zero-order valence-corrected chi connectivity index (χ0v) is 12.4. The molecule has 3 N–H and O–H groups in total. The van der Waals surface area contributed by atoms with Crippen molar-refractivity contribution < 1.29 is 14.3 Å². The zero-order valence-electron chi connectivity index (χ0n) is 11.6. The van der Waals surface area contributed by atoms with Gasteiger partial charge in [0.1, 0.15) is 0 Å². The molecule has 0 heterocycles. The second-order valence-electron chi connectivity index (χ2n) is 4.23. The van der Waals surface area contributed by atoms with Crippen LogP contribution in [0.1, 0.15) is 24.8 Å². The second kappa shape index (κ2) is 10.1. The molecule has 0 radical (unpaired) electrons. The smallest absolute Gasteiger partial charge is 0.305 e. The summed E-state index contributed by atoms with van der Waals surface area (Å²) in [6, 6.07) is 7.51. The molecule has 0 bridgehead atoms. The quantitative estimate of drug-likeness (QED) is 0.456. The van der Waals surface area contributed by atoms with Gasteiger partial charge in [-0.1, -0.05) is 18.2 Å². The molecule has 0 saturated heterocycles. The minimum Gasteiger partial charge on any atom is -0.469 e. The average molecular weight is 301 g/mol. The highest BCUT2D eigenvalue weighted by atomic mass is 35.5. The number of methoxy groups -OCH3 is 1. The standard InChI is InChI=1S/C14H20N2O3.ClH/c1-19-14(18)7-4-10-16-13(17)9-8-11-5-2-3-6-12(11)15;/h2-3,5-6H,4,7-10,15H2,1H3,(H,16,17);1H. The van der Waals surface area contributed by atoms with E-state index in [0.717, 1.165) is 5.56 Å². The summed E-state index contributed by atoms with van der Waals surface area (Å²) >= 11 is 0. The number of esters is 1. The summed E-state index contributed by atoms with van der Waals surface area (Å²) in [7, 11) is 1.35. The molecule has 0 saturated carbocycles. The Kier molecular flexibility index (Phi) is 9.20. The van der Waals surface area contributed by atoms with E-state index in [1.54, 1.807) is 0 Å². The number of halogens is 1. The van der Waals surface area contributed by atoms with Crippen LogP contribution < -0.4 is 11.1 Å². The van der Waals surface area contributed by atoms with Crippen LogP contribution in [0.3, 0.4) is 0 Å². The van der Waals surface area contributed by atoms with Gasteiger partial charge < -0.3 is 15.8 Å². The normalized spacial score (nSPS) is 9.45. The lowest BCUT2D eigenvalue weighted by Crippen LogP contribution is -2.25. The van der Waals surface area contributed by atoms with Crippen LogP contribution in [0.5, 0.6) is 0 Å². The van der Waals surface area contributed by atoms with E-state index in [2.05, 4.69) is 10.1 Å². The second-order valence-corrected chi connectivity index (χ2v) is 4.23. The Labute approximate surface area is 125 Å². The molecule has 0 aliphatic carbocycles. The number of nitrogens with two attached hydrogens (primary N) is 1. The largest absolute Gasteiger partial charge is 0.469 e. The molecule has 6 heteroatoms. The van der Waals surface area contributed by atoms with Crippen LogP contribution in [0.4, 0.5) is 5.69 Å². The maximum Gasteiger partial charge on any atom is 0.305 e. The topological polar surface area (TPSA) is 81.4 Å². The van der Waals surface area contributed by atoms with Crippen molar-refractivity contribution in [3.63, 3.8) is 0 Å². The third-order valence-electron chi connectivity index (χ3n) is 2.78. The summed E-state index contributed by atoms with van der Waals surface area (Å²) in [6.45, 7) is 0.484. The first-order chi connectivity index (χ1) is 9.13. The first kappa shape index (κ1) is 18.2. The Bertz CT molecular complexity index is 438. The Morgan fingerprint density at radius 2 is 1.95 bits per heavy atom. The van der Waals surface area contributed by atoms with Gasteiger partial charge in [0.05, 0.1) is 7.11 Å². The first-order valence-corrected chi connectivity index (χ1v) is 6.30. The maximum absolute atomic E-state index is 11.6. The van der Waals surface area contributed by atoms with Gasteiger partial charge in [-0.2, -0.15) is 0 Å². The minimum absolute atomic E-state index is 0. The van der Waals surface area contributed by atoms with Crippen molar-refractivity contribution in [3.05, 3.63) is 29.8 Å². The summed E-state index contributed by atoms with van der Waals surface area (Å²) in [5.74, 6) is -0.292. The molecule has 20 heavy (non-hydrogen) atoms. The number of nitrogens with one attached hydrogen (secondary N) is 1. The van der Waals surface area contributed by atoms with Crippen LogP contribution in [-0.4, -0.2) is 25.5 Å². The molecule has 1 aromatic carbocycles. The van der Waals surface area contributed by atoms with Crippen LogP contribution in [0.25, 0.3) is 0 Å². The zero-order chi connectivity index (χ0) is 14.1. The number of ether oxygens (including phenoxy) is 1. The van der Waals surface area contributed by atoms with Crippen LogP contribution in [0.15, 0.2) is 24.3 Å². The average Bonchev–Trinajstić information content (AvgIpc) is 2.42. The number of amides is 1. The van der Waals surface area contributed by atoms with E-state index >= 15 is 0 Å². The van der Waals surface area contributed by atoms with Crippen molar-refractivity contribution in [2.45, 2.75) is 25.7 Å². The van der Waals surface area contributed by atoms with E-state index in [9.17, 15) is 9.59 Å². The molecule has 0 aliphatic heterocycles. The van der Waals surface area contributed by atoms with Gasteiger partial charge >= 0.3 is 5.97 Å². The molecule has 0 fully saturated rings. The predicted octanol–water partition coefficient (Wildman–Crippen LogP) is 1.69. The molecule has 1 amide bonds. The molecule has 0 aliphatic rings. The van der Waals surface area contributed by atoms with Crippen LogP contribution in [-0.2, 0) is 20.7 Å². The summed E-state index contributed by atoms with van der Waals surface area (Å²) < 4.78 is 4.51. The van der Waals surface area contributed by atoms with Gasteiger partial charge in [-0.05, 0) is 24.5 Å². The van der Waals surface area contributed by atoms with E-state index < -0.39 is 0 Å². The number of carbonyl (C=O) groups is 2. The van der Waals surface area contributed by atoms with Gasteiger partial charge in [0.2, 0.25) is 5.91 Å². The number of rotatable bonds is 7. The highest BCUT2D eigenvalue weighted by Gasteiger charge is 2.05. The summed E-state index contributed by atoms with van der Waals surface area (Å²) in [5.41, 5.74) is 7.48. The summed E-state index contributed by atoms with van der Waals surface area (Å²) in [6.07, 6.45) is 1.93. The van der Waals surface area contributed by atoms with E-state index in [1.165, 1.54) is 7.11 Å². The fraction of sp³-hybridized carbons (Fsp3) is 0.429. The van der Waals surface area contributed by atoms with Crippen LogP contribution >= 0.6 is 12.4 Å². The first-order valence-electron chi connectivity index (χ1n) is 6.30. The van der Waals surface area contributed by atoms with Crippen molar-refractivity contribution >= 4 is 30.0 Å². The molecular formula is C14H21ClN2O3. The van der Waals surface area contributed by atoms with Crippen molar-refractivity contribution in [2.75, 3.05) is 19.4 Å². The lowest BCUT2D eigenvalue weighted by molar-refractivity contribution is -0.140. The van der Waals surface area contributed by atoms with Gasteiger partial charge in [0.15, 0.2) is 0 Å². The number of hydrogen-bond acceptors (Lipinski definition) is 4. The molecule has 0 unspecified atom stereocenters. The molecule has 5 nitrogen and oxygen atoms in total. The molecule has 0 atom stereocenters. The number of carbonyl (C=O) groups excluding carboxylic acids is 2. The van der Waals surface area contributed by atoms with E-state index in [4.69, 9.17) is 5.73 Å². The molecular weight excluding hydrogens is 280 g/mol. The summed E-state index contributed by atoms with van der Waals surface area (Å²) in [5, 5.41) is 2.76. The molecule has 0 aromatic heterocycles. The SMILES string of the molecule is COC(=O)CCCNC(=O)CCc1ccccc1N.Cl. The maximum atomic E-state index is 11.6. The third-order valence-corrected chi connectivity index (χ3v) is 2.78. The van der Waals surface area contributed by atoms with Gasteiger partial charge in [-0.25, -0.2) is 0 Å². The minimum atomic E-state index is -0.258. The molecule has 0 spiro atoms. The van der Waals surface area contributed by atoms with E-state index in [-0.39, 0.29) is 24.3 Å². The molecule has 1 aromatic rings. The molecule has 112 valence electrons. The van der Waals surface area contributed by atoms with Gasteiger partial charge in [0, 0.05) is 25.1 Å². The van der Waals surface area contributed by atoms with Crippen molar-refractivity contribution in [1.82, 2.24) is 5.32 Å². The van der Waals surface area contributed by atoms with Gasteiger partial charge in [-0.3, -0.25) is 9.59 Å². The Balaban J connectivity index is 0.00000361. The van der Waals surface area contributed by atoms with Crippen molar-refractivity contribution in [1.29, 1.82) is 0 Å². The van der Waals surface area contributed by atoms with Gasteiger partial charge in [0.25, 0.3) is 0 Å². The summed E-state index contributed by atoms with van der Waals surface area (Å²) in [4.78, 5) is 22.4. The van der Waals surface area contributed by atoms with Crippen molar-refractivity contribution in [2.24, 2.45) is 0 Å². The number of anilines is 1. The highest BCUT2D eigenvalue weighted by molar-refractivity contribution is 5.85.